The lowest BCUT2D eigenvalue weighted by Crippen LogP contribution is -2.24. The van der Waals surface area contributed by atoms with E-state index < -0.39 is 33.1 Å². The highest BCUT2D eigenvalue weighted by Crippen LogP contribution is 2.19. The number of nitrogens with one attached hydrogen (secondary N) is 2. The van der Waals surface area contributed by atoms with Crippen molar-refractivity contribution in [3.63, 3.8) is 0 Å². The molecule has 0 unspecified atom stereocenters. The third-order valence-electron chi connectivity index (χ3n) is 4.64. The largest absolute Gasteiger partial charge is 0.322 e. The second-order valence-electron chi connectivity index (χ2n) is 6.85. The molecule has 3 aromatic carbocycles. The zero-order valence-electron chi connectivity index (χ0n) is 16.4. The van der Waals surface area contributed by atoms with Gasteiger partial charge in [0, 0.05) is 12.2 Å². The average Bonchev–Trinajstić information content (AvgIpc) is 2.70. The fourth-order valence-electron chi connectivity index (χ4n) is 2.73. The zero-order chi connectivity index (χ0) is 21.9. The van der Waals surface area contributed by atoms with Crippen LogP contribution in [-0.2, 0) is 16.6 Å². The lowest BCUT2D eigenvalue weighted by molar-refractivity contribution is 0.102. The highest BCUT2D eigenvalue weighted by Gasteiger charge is 2.20. The Kier molecular flexibility index (Phi) is 6.28. The Labute approximate surface area is 173 Å². The number of amides is 1. The number of sulfonamides is 1. The Hall–Kier alpha value is -3.10. The van der Waals surface area contributed by atoms with Crippen molar-refractivity contribution in [1.29, 1.82) is 0 Å². The maximum Gasteiger partial charge on any atom is 0.258 e. The topological polar surface area (TPSA) is 75.3 Å². The van der Waals surface area contributed by atoms with Gasteiger partial charge < -0.3 is 5.32 Å². The van der Waals surface area contributed by atoms with Crippen LogP contribution in [0.25, 0.3) is 0 Å². The first kappa shape index (κ1) is 21.6. The molecular formula is C22H20F2N2O3S. The fraction of sp³-hybridized carbons (Fsp3) is 0.136. The van der Waals surface area contributed by atoms with E-state index in [9.17, 15) is 22.0 Å². The van der Waals surface area contributed by atoms with E-state index in [0.717, 1.165) is 29.3 Å². The van der Waals surface area contributed by atoms with Gasteiger partial charge in [0.25, 0.3) is 5.91 Å². The minimum Gasteiger partial charge on any atom is -0.322 e. The molecule has 0 fully saturated rings. The molecule has 0 aliphatic heterocycles. The lowest BCUT2D eigenvalue weighted by atomic mass is 10.1. The Bertz CT molecular complexity index is 1190. The molecule has 2 N–H and O–H groups in total. The van der Waals surface area contributed by atoms with Crippen molar-refractivity contribution < 1.29 is 22.0 Å². The third-order valence-corrected chi connectivity index (χ3v) is 6.04. The quantitative estimate of drug-likeness (QED) is 0.612. The summed E-state index contributed by atoms with van der Waals surface area (Å²) < 4.78 is 54.7. The molecule has 0 heterocycles. The van der Waals surface area contributed by atoms with Crippen molar-refractivity contribution in [3.05, 3.63) is 94.6 Å². The normalized spacial score (nSPS) is 11.3. The second kappa shape index (κ2) is 8.73. The van der Waals surface area contributed by atoms with Crippen LogP contribution < -0.4 is 10.0 Å². The van der Waals surface area contributed by atoms with Gasteiger partial charge in [-0.15, -0.1) is 0 Å². The molecule has 30 heavy (non-hydrogen) atoms. The standard InChI is InChI=1S/C22H20F2N2O3S/c1-14-3-8-18(11-15(14)2)26-22(27)20-12-19(9-10-21(20)24)30(28,29)25-13-16-4-6-17(23)7-5-16/h3-12,25H,13H2,1-2H3,(H,26,27). The number of carbonyl (C=O) groups is 1. The van der Waals surface area contributed by atoms with Crippen LogP contribution >= 0.6 is 0 Å². The summed E-state index contributed by atoms with van der Waals surface area (Å²) in [6.45, 7) is 3.73. The lowest BCUT2D eigenvalue weighted by Gasteiger charge is -2.11. The molecule has 0 aliphatic carbocycles. The van der Waals surface area contributed by atoms with E-state index in [1.165, 1.54) is 24.3 Å². The third kappa shape index (κ3) is 5.08. The minimum absolute atomic E-state index is 0.0792. The number of benzene rings is 3. The van der Waals surface area contributed by atoms with Gasteiger partial charge in [-0.25, -0.2) is 21.9 Å². The van der Waals surface area contributed by atoms with Gasteiger partial charge in [-0.3, -0.25) is 4.79 Å². The summed E-state index contributed by atoms with van der Waals surface area (Å²) in [5.41, 5.74) is 2.63. The monoisotopic (exact) mass is 430 g/mol. The molecule has 156 valence electrons. The smallest absolute Gasteiger partial charge is 0.258 e. The average molecular weight is 430 g/mol. The molecule has 0 aliphatic rings. The van der Waals surface area contributed by atoms with Crippen LogP contribution in [0.15, 0.2) is 65.6 Å². The second-order valence-corrected chi connectivity index (χ2v) is 8.61. The van der Waals surface area contributed by atoms with Crippen molar-refractivity contribution in [1.82, 2.24) is 4.72 Å². The Balaban J connectivity index is 1.79. The van der Waals surface area contributed by atoms with Crippen molar-refractivity contribution in [2.24, 2.45) is 0 Å². The van der Waals surface area contributed by atoms with Gasteiger partial charge in [-0.05, 0) is 73.0 Å². The zero-order valence-corrected chi connectivity index (χ0v) is 17.2. The maximum atomic E-state index is 14.2. The Morgan fingerprint density at radius 3 is 2.27 bits per heavy atom. The van der Waals surface area contributed by atoms with Crippen LogP contribution in [-0.4, -0.2) is 14.3 Å². The van der Waals surface area contributed by atoms with E-state index in [1.54, 1.807) is 12.1 Å². The number of hydrogen-bond donors (Lipinski definition) is 2. The van der Waals surface area contributed by atoms with Gasteiger partial charge in [-0.2, -0.15) is 0 Å². The number of anilines is 1. The van der Waals surface area contributed by atoms with Gasteiger partial charge >= 0.3 is 0 Å². The molecule has 0 saturated heterocycles. The first-order chi connectivity index (χ1) is 14.2. The van der Waals surface area contributed by atoms with Crippen LogP contribution in [0.2, 0.25) is 0 Å². The summed E-state index contributed by atoms with van der Waals surface area (Å²) in [5, 5.41) is 2.58. The first-order valence-corrected chi connectivity index (χ1v) is 10.6. The predicted molar refractivity (Wildman–Crippen MR) is 111 cm³/mol. The van der Waals surface area contributed by atoms with Crippen LogP contribution in [0.3, 0.4) is 0 Å². The van der Waals surface area contributed by atoms with Crippen molar-refractivity contribution in [2.45, 2.75) is 25.3 Å². The highest BCUT2D eigenvalue weighted by atomic mass is 32.2. The summed E-state index contributed by atoms with van der Waals surface area (Å²) in [5.74, 6) is -2.03. The summed E-state index contributed by atoms with van der Waals surface area (Å²) in [4.78, 5) is 12.3. The van der Waals surface area contributed by atoms with Gasteiger partial charge in [0.05, 0.1) is 10.5 Å². The summed E-state index contributed by atoms with van der Waals surface area (Å²) in [6, 6.07) is 13.6. The molecule has 5 nitrogen and oxygen atoms in total. The van der Waals surface area contributed by atoms with Gasteiger partial charge in [0.2, 0.25) is 10.0 Å². The van der Waals surface area contributed by atoms with Crippen molar-refractivity contribution in [3.8, 4) is 0 Å². The van der Waals surface area contributed by atoms with E-state index in [0.29, 0.717) is 11.3 Å². The molecule has 0 saturated carbocycles. The molecule has 0 atom stereocenters. The fourth-order valence-corrected chi connectivity index (χ4v) is 3.77. The van der Waals surface area contributed by atoms with Crippen LogP contribution in [0.4, 0.5) is 14.5 Å². The van der Waals surface area contributed by atoms with E-state index in [-0.39, 0.29) is 11.4 Å². The minimum atomic E-state index is -4.02. The summed E-state index contributed by atoms with van der Waals surface area (Å²) in [6.07, 6.45) is 0. The first-order valence-electron chi connectivity index (χ1n) is 9.08. The number of halogens is 2. The Morgan fingerprint density at radius 2 is 1.60 bits per heavy atom. The van der Waals surface area contributed by atoms with Crippen molar-refractivity contribution in [2.75, 3.05) is 5.32 Å². The van der Waals surface area contributed by atoms with Gasteiger partial charge in [0.15, 0.2) is 0 Å². The van der Waals surface area contributed by atoms with Gasteiger partial charge in [-0.1, -0.05) is 18.2 Å². The molecule has 8 heteroatoms. The number of rotatable bonds is 6. The van der Waals surface area contributed by atoms with Crippen LogP contribution in [0.1, 0.15) is 27.0 Å². The predicted octanol–water partition coefficient (Wildman–Crippen LogP) is 4.31. The Morgan fingerprint density at radius 1 is 0.900 bits per heavy atom. The summed E-state index contributed by atoms with van der Waals surface area (Å²) >= 11 is 0. The highest BCUT2D eigenvalue weighted by molar-refractivity contribution is 7.89. The van der Waals surface area contributed by atoms with E-state index >= 15 is 0 Å². The van der Waals surface area contributed by atoms with E-state index in [1.807, 2.05) is 19.9 Å². The number of hydrogen-bond acceptors (Lipinski definition) is 3. The van der Waals surface area contributed by atoms with Crippen LogP contribution in [0, 0.1) is 25.5 Å². The number of aryl methyl sites for hydroxylation is 2. The molecule has 0 aromatic heterocycles. The van der Waals surface area contributed by atoms with Gasteiger partial charge in [0.1, 0.15) is 11.6 Å². The van der Waals surface area contributed by atoms with Crippen LogP contribution in [0.5, 0.6) is 0 Å². The van der Waals surface area contributed by atoms with E-state index in [4.69, 9.17) is 0 Å². The molecule has 0 spiro atoms. The molecule has 0 radical (unpaired) electrons. The summed E-state index contributed by atoms with van der Waals surface area (Å²) in [7, 11) is -4.02. The molecule has 3 rings (SSSR count). The van der Waals surface area contributed by atoms with Crippen molar-refractivity contribution >= 4 is 21.6 Å². The molecule has 1 amide bonds. The SMILES string of the molecule is Cc1ccc(NC(=O)c2cc(S(=O)(=O)NCc3ccc(F)cc3)ccc2F)cc1C. The molecular weight excluding hydrogens is 410 g/mol. The number of carbonyl (C=O) groups excluding carboxylic acids is 1. The maximum absolute atomic E-state index is 14.2. The van der Waals surface area contributed by atoms with E-state index in [2.05, 4.69) is 10.0 Å². The molecule has 0 bridgehead atoms. The molecule has 3 aromatic rings.